The van der Waals surface area contributed by atoms with Crippen LogP contribution < -0.4 is 14.8 Å². The third-order valence-corrected chi connectivity index (χ3v) is 3.93. The maximum absolute atomic E-state index is 12.4. The Kier molecular flexibility index (Phi) is 9.45. The standard InChI is InChI=1S/C22H22F5NO4/c1-2-31-19-11-15(7-9-18(19)32-21(23)24)8-10-20(29)28-12-16-3-5-17(6-4-16)13-30-14-22(25,26)27/h3-11,21H,2,12-14H2,1H3,(H,28,29). The van der Waals surface area contributed by atoms with Gasteiger partial charge in [-0.1, -0.05) is 30.3 Å². The van der Waals surface area contributed by atoms with Crippen molar-refractivity contribution in [2.75, 3.05) is 13.2 Å². The number of amides is 1. The lowest BCUT2D eigenvalue weighted by Gasteiger charge is -2.11. The zero-order chi connectivity index (χ0) is 23.6. The summed E-state index contributed by atoms with van der Waals surface area (Å²) in [6.07, 6.45) is -1.60. The molecule has 0 saturated carbocycles. The monoisotopic (exact) mass is 459 g/mol. The Morgan fingerprint density at radius 1 is 1.06 bits per heavy atom. The number of hydrogen-bond donors (Lipinski definition) is 1. The molecule has 32 heavy (non-hydrogen) atoms. The van der Waals surface area contributed by atoms with Crippen LogP contribution in [-0.2, 0) is 22.7 Å². The fraction of sp³-hybridized carbons (Fsp3) is 0.318. The van der Waals surface area contributed by atoms with Crippen molar-refractivity contribution in [3.8, 4) is 11.5 Å². The van der Waals surface area contributed by atoms with E-state index < -0.39 is 25.3 Å². The Bertz CT molecular complexity index is 898. The quantitative estimate of drug-likeness (QED) is 0.376. The second-order valence-corrected chi connectivity index (χ2v) is 6.49. The van der Waals surface area contributed by atoms with Crippen LogP contribution in [0.4, 0.5) is 22.0 Å². The number of hydrogen-bond acceptors (Lipinski definition) is 4. The first-order valence-electron chi connectivity index (χ1n) is 9.56. The molecule has 0 bridgehead atoms. The summed E-state index contributed by atoms with van der Waals surface area (Å²) < 4.78 is 75.4. The fourth-order valence-electron chi connectivity index (χ4n) is 2.55. The van der Waals surface area contributed by atoms with Gasteiger partial charge in [0.1, 0.15) is 6.61 Å². The number of alkyl halides is 5. The molecule has 2 aromatic carbocycles. The fourth-order valence-corrected chi connectivity index (χ4v) is 2.55. The number of ether oxygens (including phenoxy) is 3. The summed E-state index contributed by atoms with van der Waals surface area (Å²) in [5.74, 6) is -0.362. The van der Waals surface area contributed by atoms with Crippen LogP contribution in [0.25, 0.3) is 6.08 Å². The summed E-state index contributed by atoms with van der Waals surface area (Å²) >= 11 is 0. The van der Waals surface area contributed by atoms with Crippen LogP contribution in [0.5, 0.6) is 11.5 Å². The minimum atomic E-state index is -4.37. The Hall–Kier alpha value is -3.14. The average Bonchev–Trinajstić information content (AvgIpc) is 2.72. The predicted molar refractivity (Wildman–Crippen MR) is 107 cm³/mol. The largest absolute Gasteiger partial charge is 0.490 e. The first-order chi connectivity index (χ1) is 15.2. The van der Waals surface area contributed by atoms with Gasteiger partial charge >= 0.3 is 12.8 Å². The molecular weight excluding hydrogens is 437 g/mol. The van der Waals surface area contributed by atoms with Crippen molar-refractivity contribution < 1.29 is 41.0 Å². The van der Waals surface area contributed by atoms with Crippen LogP contribution >= 0.6 is 0 Å². The van der Waals surface area contributed by atoms with E-state index in [1.54, 1.807) is 31.2 Å². The van der Waals surface area contributed by atoms with Crippen molar-refractivity contribution in [2.24, 2.45) is 0 Å². The lowest BCUT2D eigenvalue weighted by Crippen LogP contribution is -2.20. The molecule has 0 aromatic heterocycles. The predicted octanol–water partition coefficient (Wildman–Crippen LogP) is 5.10. The van der Waals surface area contributed by atoms with Crippen LogP contribution in [0, 0.1) is 0 Å². The maximum atomic E-state index is 12.4. The zero-order valence-corrected chi connectivity index (χ0v) is 17.1. The van der Waals surface area contributed by atoms with Gasteiger partial charge in [-0.2, -0.15) is 22.0 Å². The summed E-state index contributed by atoms with van der Waals surface area (Å²) in [7, 11) is 0. The first-order valence-corrected chi connectivity index (χ1v) is 9.56. The van der Waals surface area contributed by atoms with Gasteiger partial charge in [-0.15, -0.1) is 0 Å². The van der Waals surface area contributed by atoms with E-state index in [4.69, 9.17) is 4.74 Å². The van der Waals surface area contributed by atoms with Crippen molar-refractivity contribution in [1.82, 2.24) is 5.32 Å². The Morgan fingerprint density at radius 3 is 2.38 bits per heavy atom. The van der Waals surface area contributed by atoms with Gasteiger partial charge in [-0.25, -0.2) is 0 Å². The Morgan fingerprint density at radius 2 is 1.75 bits per heavy atom. The number of halogens is 5. The van der Waals surface area contributed by atoms with Crippen LogP contribution in [0.1, 0.15) is 23.6 Å². The molecule has 0 aliphatic rings. The van der Waals surface area contributed by atoms with E-state index in [1.807, 2.05) is 0 Å². The van der Waals surface area contributed by atoms with Gasteiger partial charge < -0.3 is 19.5 Å². The first kappa shape index (κ1) is 25.1. The number of carbonyl (C=O) groups excluding carboxylic acids is 1. The highest BCUT2D eigenvalue weighted by molar-refractivity contribution is 5.91. The zero-order valence-electron chi connectivity index (χ0n) is 17.1. The molecule has 0 radical (unpaired) electrons. The Balaban J connectivity index is 1.86. The summed E-state index contributed by atoms with van der Waals surface area (Å²) in [6.45, 7) is -2.31. The number of benzene rings is 2. The highest BCUT2D eigenvalue weighted by Crippen LogP contribution is 2.30. The lowest BCUT2D eigenvalue weighted by atomic mass is 10.1. The van der Waals surface area contributed by atoms with Gasteiger partial charge in [-0.05, 0) is 41.8 Å². The van der Waals surface area contributed by atoms with Gasteiger partial charge in [0, 0.05) is 12.6 Å². The SMILES string of the molecule is CCOc1cc(C=CC(=O)NCc2ccc(COCC(F)(F)F)cc2)ccc1OC(F)F. The van der Waals surface area contributed by atoms with Crippen LogP contribution in [-0.4, -0.2) is 31.9 Å². The van der Waals surface area contributed by atoms with E-state index >= 15 is 0 Å². The second kappa shape index (κ2) is 12.0. The number of nitrogens with one attached hydrogen (secondary N) is 1. The van der Waals surface area contributed by atoms with E-state index in [0.717, 1.165) is 5.56 Å². The normalized spacial score (nSPS) is 11.7. The molecule has 0 fully saturated rings. The lowest BCUT2D eigenvalue weighted by molar-refractivity contribution is -0.176. The van der Waals surface area contributed by atoms with Crippen molar-refractivity contribution in [2.45, 2.75) is 32.9 Å². The summed E-state index contributed by atoms with van der Waals surface area (Å²) in [5.41, 5.74) is 1.88. The van der Waals surface area contributed by atoms with Gasteiger partial charge in [0.25, 0.3) is 0 Å². The van der Waals surface area contributed by atoms with E-state index in [2.05, 4.69) is 14.8 Å². The topological polar surface area (TPSA) is 56.8 Å². The van der Waals surface area contributed by atoms with E-state index in [-0.39, 0.29) is 31.3 Å². The third kappa shape index (κ3) is 9.34. The average molecular weight is 459 g/mol. The number of rotatable bonds is 11. The van der Waals surface area contributed by atoms with E-state index in [1.165, 1.54) is 30.4 Å². The van der Waals surface area contributed by atoms with Crippen molar-refractivity contribution in [3.63, 3.8) is 0 Å². The highest BCUT2D eigenvalue weighted by Gasteiger charge is 2.27. The number of carbonyl (C=O) groups is 1. The molecule has 5 nitrogen and oxygen atoms in total. The molecule has 10 heteroatoms. The molecule has 0 atom stereocenters. The molecular formula is C22H22F5NO4. The van der Waals surface area contributed by atoms with Gasteiger partial charge in [0.05, 0.1) is 13.2 Å². The smallest absolute Gasteiger partial charge is 0.411 e. The van der Waals surface area contributed by atoms with Gasteiger partial charge in [-0.3, -0.25) is 4.79 Å². The minimum absolute atomic E-state index is 0.101. The highest BCUT2D eigenvalue weighted by atomic mass is 19.4. The molecule has 1 N–H and O–H groups in total. The molecule has 1 amide bonds. The second-order valence-electron chi connectivity index (χ2n) is 6.49. The van der Waals surface area contributed by atoms with Crippen molar-refractivity contribution >= 4 is 12.0 Å². The molecule has 174 valence electrons. The van der Waals surface area contributed by atoms with Crippen LogP contribution in [0.15, 0.2) is 48.5 Å². The van der Waals surface area contributed by atoms with Crippen LogP contribution in [0.2, 0.25) is 0 Å². The molecule has 0 heterocycles. The van der Waals surface area contributed by atoms with E-state index in [9.17, 15) is 26.7 Å². The van der Waals surface area contributed by atoms with Gasteiger partial charge in [0.15, 0.2) is 11.5 Å². The van der Waals surface area contributed by atoms with Crippen molar-refractivity contribution in [3.05, 3.63) is 65.2 Å². The molecule has 0 spiro atoms. The summed E-state index contributed by atoms with van der Waals surface area (Å²) in [4.78, 5) is 12.0. The minimum Gasteiger partial charge on any atom is -0.490 e. The summed E-state index contributed by atoms with van der Waals surface area (Å²) in [5, 5.41) is 2.67. The molecule has 0 aliphatic carbocycles. The maximum Gasteiger partial charge on any atom is 0.411 e. The molecule has 2 rings (SSSR count). The molecule has 0 unspecified atom stereocenters. The molecule has 2 aromatic rings. The van der Waals surface area contributed by atoms with Crippen molar-refractivity contribution in [1.29, 1.82) is 0 Å². The Labute approximate surface area is 181 Å². The third-order valence-electron chi connectivity index (χ3n) is 3.93. The molecule has 0 saturated heterocycles. The van der Waals surface area contributed by atoms with E-state index in [0.29, 0.717) is 11.1 Å². The van der Waals surface area contributed by atoms with Crippen LogP contribution in [0.3, 0.4) is 0 Å². The van der Waals surface area contributed by atoms with Gasteiger partial charge in [0.2, 0.25) is 5.91 Å². The molecule has 0 aliphatic heterocycles. The summed E-state index contributed by atoms with van der Waals surface area (Å²) in [6, 6.07) is 10.9.